The summed E-state index contributed by atoms with van der Waals surface area (Å²) in [5, 5.41) is 2.92. The Morgan fingerprint density at radius 1 is 0.930 bits per heavy atom. The summed E-state index contributed by atoms with van der Waals surface area (Å²) in [6, 6.07) is 10.7. The number of hydrogen-bond donors (Lipinski definition) is 1. The Bertz CT molecular complexity index is 1210. The van der Waals surface area contributed by atoms with Crippen molar-refractivity contribution >= 4 is 11.8 Å². The molecule has 2 aromatic rings. The van der Waals surface area contributed by atoms with Crippen molar-refractivity contribution < 1.29 is 45.4 Å². The van der Waals surface area contributed by atoms with E-state index in [-0.39, 0.29) is 47.9 Å². The molecule has 4 rings (SSSR count). The lowest BCUT2D eigenvalue weighted by Crippen LogP contribution is -2.49. The van der Waals surface area contributed by atoms with Gasteiger partial charge in [-0.2, -0.15) is 26.3 Å². The van der Waals surface area contributed by atoms with Gasteiger partial charge in [-0.25, -0.2) is 0 Å². The van der Waals surface area contributed by atoms with Crippen molar-refractivity contribution in [3.63, 3.8) is 0 Å². The summed E-state index contributed by atoms with van der Waals surface area (Å²) in [6.45, 7) is 2.08. The lowest BCUT2D eigenvalue weighted by molar-refractivity contribution is -0.143. The smallest absolute Gasteiger partial charge is 0.375 e. The fourth-order valence-electron chi connectivity index (χ4n) is 6.01. The Hall–Kier alpha value is -3.12. The molecule has 0 spiro atoms. The Labute approximate surface area is 246 Å². The number of halogens is 6. The van der Waals surface area contributed by atoms with Gasteiger partial charge in [0.25, 0.3) is 0 Å². The molecule has 1 N–H and O–H groups in total. The molecule has 2 aliphatic rings. The van der Waals surface area contributed by atoms with E-state index in [1.807, 2.05) is 30.3 Å². The number of alkyl halides is 6. The number of carbonyl (C=O) groups excluding carboxylic acids is 2. The van der Waals surface area contributed by atoms with E-state index in [9.17, 15) is 35.9 Å². The van der Waals surface area contributed by atoms with Gasteiger partial charge in [0, 0.05) is 38.1 Å². The number of carbonyl (C=O) groups is 2. The standard InChI is InChI=1S/C31H36F6N2O4/c1-19(22-14-23(30(32,33)34)16-24(15-22)31(35,36)37)43-27-12-13-39(17-26(27)20-6-4-3-5-7-20)29(41)21-8-10-25(11-9-21)38-28(40)18-42-2/h3-7,14-16,19,21,25-27H,8-13,17-18H2,1-2H3,(H,38,40)/t19-,21-,25-,26+,27+/m1/s1. The second-order valence-corrected chi connectivity index (χ2v) is 11.3. The molecule has 1 aliphatic heterocycles. The second-order valence-electron chi connectivity index (χ2n) is 11.3. The van der Waals surface area contributed by atoms with Gasteiger partial charge < -0.3 is 19.7 Å². The van der Waals surface area contributed by atoms with Crippen LogP contribution >= 0.6 is 0 Å². The fourth-order valence-corrected chi connectivity index (χ4v) is 6.01. The Morgan fingerprint density at radius 3 is 2.09 bits per heavy atom. The van der Waals surface area contributed by atoms with Crippen LogP contribution in [-0.4, -0.2) is 55.7 Å². The van der Waals surface area contributed by atoms with E-state index < -0.39 is 35.7 Å². The number of piperidine rings is 1. The highest BCUT2D eigenvalue weighted by molar-refractivity contribution is 5.79. The number of amides is 2. The van der Waals surface area contributed by atoms with Gasteiger partial charge in [0.2, 0.25) is 11.8 Å². The molecule has 0 bridgehead atoms. The highest BCUT2D eigenvalue weighted by Gasteiger charge is 2.40. The molecule has 6 nitrogen and oxygen atoms in total. The van der Waals surface area contributed by atoms with Gasteiger partial charge in [0.1, 0.15) is 6.61 Å². The van der Waals surface area contributed by atoms with Crippen LogP contribution in [-0.2, 0) is 31.4 Å². The Balaban J connectivity index is 1.48. The minimum Gasteiger partial charge on any atom is -0.375 e. The molecule has 3 atom stereocenters. The summed E-state index contributed by atoms with van der Waals surface area (Å²) < 4.78 is 91.8. The first-order valence-corrected chi connectivity index (χ1v) is 14.3. The summed E-state index contributed by atoms with van der Waals surface area (Å²) in [4.78, 5) is 27.2. The zero-order chi connectivity index (χ0) is 31.4. The van der Waals surface area contributed by atoms with E-state index in [4.69, 9.17) is 9.47 Å². The van der Waals surface area contributed by atoms with Crippen LogP contribution < -0.4 is 5.32 Å². The van der Waals surface area contributed by atoms with E-state index in [1.54, 1.807) is 4.90 Å². The minimum atomic E-state index is -4.96. The molecule has 0 radical (unpaired) electrons. The van der Waals surface area contributed by atoms with Crippen LogP contribution in [0.25, 0.3) is 0 Å². The van der Waals surface area contributed by atoms with Gasteiger partial charge in [-0.1, -0.05) is 30.3 Å². The predicted molar refractivity (Wildman–Crippen MR) is 146 cm³/mol. The second kappa shape index (κ2) is 13.7. The molecule has 2 amide bonds. The topological polar surface area (TPSA) is 67.9 Å². The molecule has 236 valence electrons. The number of benzene rings is 2. The molecule has 43 heavy (non-hydrogen) atoms. The first-order chi connectivity index (χ1) is 20.3. The molecule has 0 unspecified atom stereocenters. The summed E-state index contributed by atoms with van der Waals surface area (Å²) in [7, 11) is 1.45. The first kappa shape index (κ1) is 32.8. The number of nitrogens with zero attached hydrogens (tertiary/aromatic N) is 1. The van der Waals surface area contributed by atoms with Gasteiger partial charge in [-0.05, 0) is 68.4 Å². The average Bonchev–Trinajstić information content (AvgIpc) is 2.97. The van der Waals surface area contributed by atoms with Crippen molar-refractivity contribution in [1.29, 1.82) is 0 Å². The maximum atomic E-state index is 13.5. The van der Waals surface area contributed by atoms with Crippen molar-refractivity contribution in [3.05, 3.63) is 70.8 Å². The molecule has 1 saturated carbocycles. The molecule has 1 saturated heterocycles. The minimum absolute atomic E-state index is 0.00166. The maximum absolute atomic E-state index is 13.5. The van der Waals surface area contributed by atoms with E-state index in [0.717, 1.165) is 5.56 Å². The van der Waals surface area contributed by atoms with E-state index in [2.05, 4.69) is 5.32 Å². The summed E-state index contributed by atoms with van der Waals surface area (Å²) in [5.74, 6) is -0.728. The number of rotatable bonds is 8. The third-order valence-electron chi connectivity index (χ3n) is 8.26. The van der Waals surface area contributed by atoms with E-state index >= 15 is 0 Å². The quantitative estimate of drug-likeness (QED) is 0.345. The van der Waals surface area contributed by atoms with Crippen LogP contribution in [0.1, 0.15) is 73.3 Å². The molecule has 2 aromatic carbocycles. The maximum Gasteiger partial charge on any atom is 0.416 e. The van der Waals surface area contributed by atoms with Gasteiger partial charge in [-0.3, -0.25) is 9.59 Å². The number of hydrogen-bond acceptors (Lipinski definition) is 4. The highest BCUT2D eigenvalue weighted by Crippen LogP contribution is 2.40. The van der Waals surface area contributed by atoms with Gasteiger partial charge >= 0.3 is 12.4 Å². The van der Waals surface area contributed by atoms with Crippen molar-refractivity contribution in [3.8, 4) is 0 Å². The van der Waals surface area contributed by atoms with Crippen LogP contribution in [0, 0.1) is 5.92 Å². The van der Waals surface area contributed by atoms with Gasteiger partial charge in [0.05, 0.1) is 23.3 Å². The first-order valence-electron chi connectivity index (χ1n) is 14.3. The van der Waals surface area contributed by atoms with Crippen molar-refractivity contribution in [2.75, 3.05) is 26.8 Å². The van der Waals surface area contributed by atoms with Gasteiger partial charge in [0.15, 0.2) is 0 Å². The summed E-state index contributed by atoms with van der Waals surface area (Å²) in [5.41, 5.74) is -2.13. The highest BCUT2D eigenvalue weighted by atomic mass is 19.4. The zero-order valence-electron chi connectivity index (χ0n) is 24.0. The van der Waals surface area contributed by atoms with Gasteiger partial charge in [-0.15, -0.1) is 0 Å². The third-order valence-corrected chi connectivity index (χ3v) is 8.26. The largest absolute Gasteiger partial charge is 0.416 e. The van der Waals surface area contributed by atoms with Crippen LogP contribution in [0.4, 0.5) is 26.3 Å². The fraction of sp³-hybridized carbons (Fsp3) is 0.548. The SMILES string of the molecule is COCC(=O)N[C@H]1CC[C@H](C(=O)N2CC[C@H](O[C@H](C)c3cc(C(F)(F)F)cc(C(F)(F)F)c3)[C@H](c3ccccc3)C2)CC1. The predicted octanol–water partition coefficient (Wildman–Crippen LogP) is 6.51. The third kappa shape index (κ3) is 8.50. The monoisotopic (exact) mass is 614 g/mol. The summed E-state index contributed by atoms with van der Waals surface area (Å²) >= 11 is 0. The normalized spacial score (nSPS) is 24.0. The van der Waals surface area contributed by atoms with Crippen LogP contribution in [0.2, 0.25) is 0 Å². The summed E-state index contributed by atoms with van der Waals surface area (Å²) in [6.07, 6.45) is -8.57. The Kier molecular flexibility index (Phi) is 10.4. The average molecular weight is 615 g/mol. The lowest BCUT2D eigenvalue weighted by atomic mass is 9.83. The lowest BCUT2D eigenvalue weighted by Gasteiger charge is -2.41. The van der Waals surface area contributed by atoms with Crippen LogP contribution in [0.5, 0.6) is 0 Å². The zero-order valence-corrected chi connectivity index (χ0v) is 24.0. The van der Waals surface area contributed by atoms with Crippen molar-refractivity contribution in [2.45, 2.75) is 75.5 Å². The number of methoxy groups -OCH3 is 1. The van der Waals surface area contributed by atoms with Crippen LogP contribution in [0.15, 0.2) is 48.5 Å². The van der Waals surface area contributed by atoms with Crippen LogP contribution in [0.3, 0.4) is 0 Å². The number of nitrogens with one attached hydrogen (secondary N) is 1. The van der Waals surface area contributed by atoms with Crippen molar-refractivity contribution in [1.82, 2.24) is 10.2 Å². The van der Waals surface area contributed by atoms with E-state index in [1.165, 1.54) is 14.0 Å². The molecule has 2 fully saturated rings. The Morgan fingerprint density at radius 2 is 1.53 bits per heavy atom. The van der Waals surface area contributed by atoms with Crippen molar-refractivity contribution in [2.24, 2.45) is 5.92 Å². The van der Waals surface area contributed by atoms with E-state index in [0.29, 0.717) is 57.3 Å². The molecule has 1 aliphatic carbocycles. The number of ether oxygens (including phenoxy) is 2. The molecule has 1 heterocycles. The molecular weight excluding hydrogens is 578 g/mol. The molecular formula is C31H36F6N2O4. The number of likely N-dealkylation sites (tertiary alicyclic amines) is 1. The molecule has 0 aromatic heterocycles. The molecule has 12 heteroatoms.